The summed E-state index contributed by atoms with van der Waals surface area (Å²) >= 11 is 0. The summed E-state index contributed by atoms with van der Waals surface area (Å²) in [5, 5.41) is 13.5. The topological polar surface area (TPSA) is 92.4 Å². The lowest BCUT2D eigenvalue weighted by Gasteiger charge is -2.04. The van der Waals surface area contributed by atoms with Crippen LogP contribution in [0.2, 0.25) is 0 Å². The molecule has 4 aromatic rings. The van der Waals surface area contributed by atoms with Gasteiger partial charge in [0.2, 0.25) is 0 Å². The van der Waals surface area contributed by atoms with E-state index < -0.39 is 0 Å². The first-order chi connectivity index (χ1) is 11.9. The van der Waals surface area contributed by atoms with Gasteiger partial charge in [-0.3, -0.25) is 0 Å². The molecule has 7 nitrogen and oxygen atoms in total. The molecule has 2 aromatic carbocycles. The molecule has 7 heteroatoms. The molecule has 0 saturated carbocycles. The van der Waals surface area contributed by atoms with Crippen LogP contribution in [-0.4, -0.2) is 30.6 Å². The van der Waals surface area contributed by atoms with E-state index in [0.29, 0.717) is 12.4 Å². The van der Waals surface area contributed by atoms with Gasteiger partial charge in [-0.1, -0.05) is 30.3 Å². The second-order valence-corrected chi connectivity index (χ2v) is 5.18. The van der Waals surface area contributed by atoms with Crippen LogP contribution in [0.5, 0.6) is 5.75 Å². The maximum Gasteiger partial charge on any atom is 0.172 e. The summed E-state index contributed by atoms with van der Waals surface area (Å²) < 4.78 is 5.82. The van der Waals surface area contributed by atoms with Gasteiger partial charge in [0.1, 0.15) is 18.2 Å². The first-order valence-corrected chi connectivity index (χ1v) is 7.45. The highest BCUT2D eigenvalue weighted by Gasteiger charge is 2.03. The van der Waals surface area contributed by atoms with E-state index in [0.717, 1.165) is 28.2 Å². The Kier molecular flexibility index (Phi) is 3.73. The number of nitrogens with zero attached hydrogens (tertiary/aromatic N) is 4. The zero-order chi connectivity index (χ0) is 16.2. The van der Waals surface area contributed by atoms with E-state index in [-0.39, 0.29) is 0 Å². The monoisotopic (exact) mass is 318 g/mol. The van der Waals surface area contributed by atoms with Crippen LogP contribution in [0.4, 0.5) is 0 Å². The summed E-state index contributed by atoms with van der Waals surface area (Å²) in [4.78, 5) is 7.75. The molecule has 0 spiro atoms. The average Bonchev–Trinajstić information content (AvgIpc) is 3.27. The van der Waals surface area contributed by atoms with Gasteiger partial charge in [0.15, 0.2) is 5.82 Å². The van der Waals surface area contributed by atoms with Crippen LogP contribution in [0.3, 0.4) is 0 Å². The van der Waals surface area contributed by atoms with Gasteiger partial charge in [0.05, 0.1) is 11.0 Å². The Bertz CT molecular complexity index is 941. The van der Waals surface area contributed by atoms with Crippen LogP contribution < -0.4 is 4.74 Å². The lowest BCUT2D eigenvalue weighted by Crippen LogP contribution is -1.97. The minimum Gasteiger partial charge on any atom is -0.486 e. The lowest BCUT2D eigenvalue weighted by molar-refractivity contribution is 0.297. The van der Waals surface area contributed by atoms with E-state index in [1.54, 1.807) is 6.08 Å². The highest BCUT2D eigenvalue weighted by Crippen LogP contribution is 2.17. The summed E-state index contributed by atoms with van der Waals surface area (Å²) in [7, 11) is 0. The predicted molar refractivity (Wildman–Crippen MR) is 90.0 cm³/mol. The summed E-state index contributed by atoms with van der Waals surface area (Å²) in [5.74, 6) is 2.17. The molecule has 0 saturated heterocycles. The number of ether oxygens (including phenoxy) is 1. The molecule has 118 valence electrons. The number of nitrogens with one attached hydrogen (secondary N) is 2. The van der Waals surface area contributed by atoms with Gasteiger partial charge >= 0.3 is 0 Å². The van der Waals surface area contributed by atoms with Gasteiger partial charge in [-0.25, -0.2) is 10.1 Å². The Morgan fingerprint density at radius 2 is 2.00 bits per heavy atom. The first-order valence-electron chi connectivity index (χ1n) is 7.45. The van der Waals surface area contributed by atoms with Crippen LogP contribution in [-0.2, 0) is 6.61 Å². The molecule has 0 atom stereocenters. The molecule has 0 radical (unpaired) electrons. The summed E-state index contributed by atoms with van der Waals surface area (Å²) in [6.07, 6.45) is 3.72. The highest BCUT2D eigenvalue weighted by molar-refractivity contribution is 5.74. The number of rotatable bonds is 5. The van der Waals surface area contributed by atoms with E-state index >= 15 is 0 Å². The van der Waals surface area contributed by atoms with Crippen LogP contribution in [0.1, 0.15) is 17.2 Å². The van der Waals surface area contributed by atoms with Crippen molar-refractivity contribution in [1.29, 1.82) is 0 Å². The number of H-pyrrole nitrogens is 2. The number of benzene rings is 2. The zero-order valence-electron chi connectivity index (χ0n) is 12.7. The third-order valence-electron chi connectivity index (χ3n) is 3.47. The Hall–Kier alpha value is -3.48. The molecule has 0 aliphatic heterocycles. The minimum absolute atomic E-state index is 0.383. The van der Waals surface area contributed by atoms with Gasteiger partial charge in [0.25, 0.3) is 0 Å². The largest absolute Gasteiger partial charge is 0.486 e. The van der Waals surface area contributed by atoms with Gasteiger partial charge in [-0.05, 0) is 46.3 Å². The number of fused-ring (bicyclic) bond motifs is 1. The Morgan fingerprint density at radius 1 is 1.04 bits per heavy atom. The number of para-hydroxylation sites is 2. The standard InChI is InChI=1S/C17H14N6O/c1-2-7-15-14(6-1)18-17(19-15)11-24-13-5-3-4-12(10-13)8-9-16-20-22-23-21-16/h1-10H,11H2,(H,18,19)(H,20,21,22,23)/b9-8+. The molecule has 2 aromatic heterocycles. The Labute approximate surface area is 137 Å². The van der Waals surface area contributed by atoms with E-state index in [2.05, 4.69) is 30.6 Å². The van der Waals surface area contributed by atoms with Crippen molar-refractivity contribution in [2.45, 2.75) is 6.61 Å². The number of imidazole rings is 1. The summed E-state index contributed by atoms with van der Waals surface area (Å²) in [5.41, 5.74) is 2.94. The lowest BCUT2D eigenvalue weighted by atomic mass is 10.2. The molecule has 0 aliphatic carbocycles. The smallest absolute Gasteiger partial charge is 0.172 e. The molecule has 24 heavy (non-hydrogen) atoms. The molecule has 0 bridgehead atoms. The van der Waals surface area contributed by atoms with Gasteiger partial charge < -0.3 is 9.72 Å². The van der Waals surface area contributed by atoms with Crippen LogP contribution in [0, 0.1) is 0 Å². The van der Waals surface area contributed by atoms with Gasteiger partial charge in [0, 0.05) is 0 Å². The molecule has 2 heterocycles. The van der Waals surface area contributed by atoms with E-state index in [1.165, 1.54) is 0 Å². The minimum atomic E-state index is 0.383. The van der Waals surface area contributed by atoms with Crippen molar-refractivity contribution in [2.24, 2.45) is 0 Å². The molecule has 2 N–H and O–H groups in total. The zero-order valence-corrected chi connectivity index (χ0v) is 12.7. The van der Waals surface area contributed by atoms with Crippen LogP contribution in [0.25, 0.3) is 23.2 Å². The molecule has 0 amide bonds. The molecule has 0 aliphatic rings. The SMILES string of the molecule is C(=C\c1nnn[nH]1)/c1cccc(OCc2nc3ccccc3[nH]2)c1. The van der Waals surface area contributed by atoms with Gasteiger partial charge in [-0.15, -0.1) is 5.10 Å². The van der Waals surface area contributed by atoms with Crippen molar-refractivity contribution < 1.29 is 4.74 Å². The summed E-state index contributed by atoms with van der Waals surface area (Å²) in [6.45, 7) is 0.383. The van der Waals surface area contributed by atoms with Crippen molar-refractivity contribution in [2.75, 3.05) is 0 Å². The second-order valence-electron chi connectivity index (χ2n) is 5.18. The average molecular weight is 318 g/mol. The van der Waals surface area contributed by atoms with E-state index in [9.17, 15) is 0 Å². The van der Waals surface area contributed by atoms with Crippen molar-refractivity contribution in [1.82, 2.24) is 30.6 Å². The van der Waals surface area contributed by atoms with Gasteiger partial charge in [-0.2, -0.15) is 0 Å². The molecular weight excluding hydrogens is 304 g/mol. The maximum absolute atomic E-state index is 5.82. The number of hydrogen-bond donors (Lipinski definition) is 2. The fraction of sp³-hybridized carbons (Fsp3) is 0.0588. The quantitative estimate of drug-likeness (QED) is 0.590. The van der Waals surface area contributed by atoms with Crippen molar-refractivity contribution in [3.05, 3.63) is 65.7 Å². The van der Waals surface area contributed by atoms with E-state index in [1.807, 2.05) is 54.6 Å². The predicted octanol–water partition coefficient (Wildman–Crippen LogP) is 2.83. The number of aromatic amines is 2. The molecule has 4 rings (SSSR count). The maximum atomic E-state index is 5.82. The Balaban J connectivity index is 1.45. The second kappa shape index (κ2) is 6.33. The van der Waals surface area contributed by atoms with Crippen LogP contribution >= 0.6 is 0 Å². The molecule has 0 unspecified atom stereocenters. The fourth-order valence-corrected chi connectivity index (χ4v) is 2.35. The highest BCUT2D eigenvalue weighted by atomic mass is 16.5. The third-order valence-corrected chi connectivity index (χ3v) is 3.47. The van der Waals surface area contributed by atoms with Crippen molar-refractivity contribution in [3.8, 4) is 5.75 Å². The fourth-order valence-electron chi connectivity index (χ4n) is 2.35. The van der Waals surface area contributed by atoms with Crippen LogP contribution in [0.15, 0.2) is 48.5 Å². The number of tetrazole rings is 1. The normalized spacial score (nSPS) is 11.3. The van der Waals surface area contributed by atoms with E-state index in [4.69, 9.17) is 4.74 Å². The summed E-state index contributed by atoms with van der Waals surface area (Å²) in [6, 6.07) is 15.7. The molecular formula is C17H14N6O. The number of hydrogen-bond acceptors (Lipinski definition) is 5. The van der Waals surface area contributed by atoms with Crippen molar-refractivity contribution >= 4 is 23.2 Å². The first kappa shape index (κ1) is 14.1. The Morgan fingerprint density at radius 3 is 2.88 bits per heavy atom. The van der Waals surface area contributed by atoms with Crippen molar-refractivity contribution in [3.63, 3.8) is 0 Å². The molecule has 0 fully saturated rings. The third kappa shape index (κ3) is 3.14. The number of aromatic nitrogens is 6.